The maximum Gasteiger partial charge on any atom is 0.425 e. The van der Waals surface area contributed by atoms with E-state index in [1.54, 1.807) is 0 Å². The summed E-state index contributed by atoms with van der Waals surface area (Å²) >= 11 is 0. The smallest absolute Gasteiger partial charge is 0.359 e. The number of hydrogen-bond acceptors (Lipinski definition) is 4. The molecule has 2 aromatic rings. The van der Waals surface area contributed by atoms with Crippen LogP contribution in [0.25, 0.3) is 11.0 Å². The van der Waals surface area contributed by atoms with E-state index in [1.807, 2.05) is 31.2 Å². The molecular formula is C14H18N4O3. The second kappa shape index (κ2) is 6.74. The van der Waals surface area contributed by atoms with Crippen LogP contribution in [0, 0.1) is 0 Å². The predicted molar refractivity (Wildman–Crippen MR) is 79.3 cm³/mol. The number of carbonyl (C=O) groups excluding carboxylic acids is 2. The van der Waals surface area contributed by atoms with E-state index < -0.39 is 12.2 Å². The van der Waals surface area contributed by atoms with Gasteiger partial charge in [-0.1, -0.05) is 25.5 Å². The van der Waals surface area contributed by atoms with Crippen molar-refractivity contribution in [1.82, 2.24) is 15.3 Å². The minimum Gasteiger partial charge on any atom is -0.359 e. The number of unbranched alkanes of at least 4 members (excludes halogenated alkanes) is 1. The summed E-state index contributed by atoms with van der Waals surface area (Å²) in [4.78, 5) is 31.7. The second-order valence-corrected chi connectivity index (χ2v) is 4.57. The zero-order chi connectivity index (χ0) is 15.2. The number of aromatic amines is 1. The highest BCUT2D eigenvalue weighted by Gasteiger charge is 2.19. The third kappa shape index (κ3) is 3.71. The minimum absolute atomic E-state index is 0.322. The first-order chi connectivity index (χ1) is 10.1. The van der Waals surface area contributed by atoms with Crippen LogP contribution in [-0.2, 0) is 4.74 Å². The molecule has 112 valence electrons. The van der Waals surface area contributed by atoms with Crippen LogP contribution in [0.2, 0.25) is 0 Å². The summed E-state index contributed by atoms with van der Waals surface area (Å²) in [5.74, 6) is 0.322. The van der Waals surface area contributed by atoms with E-state index in [-0.39, 0.29) is 0 Å². The Morgan fingerprint density at radius 1 is 1.38 bits per heavy atom. The van der Waals surface area contributed by atoms with Gasteiger partial charge in [0, 0.05) is 13.6 Å². The Balaban J connectivity index is 1.97. The van der Waals surface area contributed by atoms with Crippen molar-refractivity contribution in [3.63, 3.8) is 0 Å². The maximum absolute atomic E-state index is 11.8. The third-order valence-electron chi connectivity index (χ3n) is 2.95. The monoisotopic (exact) mass is 290 g/mol. The molecule has 0 aliphatic rings. The zero-order valence-corrected chi connectivity index (χ0v) is 12.0. The lowest BCUT2D eigenvalue weighted by Gasteiger charge is -2.13. The van der Waals surface area contributed by atoms with Crippen molar-refractivity contribution in [2.45, 2.75) is 19.8 Å². The lowest BCUT2D eigenvalue weighted by molar-refractivity contribution is 0.155. The van der Waals surface area contributed by atoms with Crippen LogP contribution in [0.15, 0.2) is 24.3 Å². The first kappa shape index (κ1) is 14.8. The van der Waals surface area contributed by atoms with E-state index >= 15 is 0 Å². The fourth-order valence-corrected chi connectivity index (χ4v) is 1.74. The number of anilines is 1. The number of H-pyrrole nitrogens is 1. The standard InChI is InChI=1S/C14H18N4O3/c1-3-4-9-15-13(19)21-14(20)18(2)12-16-10-7-5-6-8-11(10)17-12/h5-8H,3-4,9H2,1-2H3,(H,15,19)(H,16,17). The molecule has 0 saturated carbocycles. The van der Waals surface area contributed by atoms with Crippen LogP contribution in [0.1, 0.15) is 19.8 Å². The Labute approximate surface area is 122 Å². The van der Waals surface area contributed by atoms with Gasteiger partial charge in [-0.05, 0) is 18.6 Å². The summed E-state index contributed by atoms with van der Waals surface area (Å²) in [6, 6.07) is 7.39. The predicted octanol–water partition coefficient (Wildman–Crippen LogP) is 2.65. The summed E-state index contributed by atoms with van der Waals surface area (Å²) < 4.78 is 4.69. The topological polar surface area (TPSA) is 87.3 Å². The van der Waals surface area contributed by atoms with E-state index in [0.29, 0.717) is 12.5 Å². The Bertz CT molecular complexity index is 605. The van der Waals surface area contributed by atoms with Crippen molar-refractivity contribution in [2.24, 2.45) is 0 Å². The molecule has 21 heavy (non-hydrogen) atoms. The quantitative estimate of drug-likeness (QED) is 0.669. The molecule has 0 unspecified atom stereocenters. The van der Waals surface area contributed by atoms with Gasteiger partial charge in [-0.2, -0.15) is 0 Å². The van der Waals surface area contributed by atoms with Gasteiger partial charge in [0.15, 0.2) is 0 Å². The van der Waals surface area contributed by atoms with Gasteiger partial charge >= 0.3 is 12.2 Å². The maximum atomic E-state index is 11.8. The molecule has 2 N–H and O–H groups in total. The second-order valence-electron chi connectivity index (χ2n) is 4.57. The highest BCUT2D eigenvalue weighted by Crippen LogP contribution is 2.16. The van der Waals surface area contributed by atoms with Crippen molar-refractivity contribution >= 4 is 29.2 Å². The highest BCUT2D eigenvalue weighted by atomic mass is 16.6. The van der Waals surface area contributed by atoms with Crippen LogP contribution < -0.4 is 10.2 Å². The van der Waals surface area contributed by atoms with Crippen LogP contribution in [-0.4, -0.2) is 35.7 Å². The molecule has 2 rings (SSSR count). The van der Waals surface area contributed by atoms with Crippen LogP contribution in [0.3, 0.4) is 0 Å². The fraction of sp³-hybridized carbons (Fsp3) is 0.357. The Hall–Kier alpha value is -2.57. The first-order valence-corrected chi connectivity index (χ1v) is 6.80. The van der Waals surface area contributed by atoms with Gasteiger partial charge in [0.05, 0.1) is 11.0 Å². The normalized spacial score (nSPS) is 10.4. The van der Waals surface area contributed by atoms with Crippen molar-refractivity contribution in [3.8, 4) is 0 Å². The molecule has 2 amide bonds. The molecule has 1 aromatic carbocycles. The van der Waals surface area contributed by atoms with Gasteiger partial charge in [-0.25, -0.2) is 19.5 Å². The van der Waals surface area contributed by atoms with E-state index in [4.69, 9.17) is 0 Å². The average Bonchev–Trinajstić information content (AvgIpc) is 2.90. The van der Waals surface area contributed by atoms with Gasteiger partial charge in [0.2, 0.25) is 5.95 Å². The molecule has 1 heterocycles. The number of benzene rings is 1. The van der Waals surface area contributed by atoms with E-state index in [0.717, 1.165) is 28.8 Å². The average molecular weight is 290 g/mol. The summed E-state index contributed by atoms with van der Waals surface area (Å²) in [5.41, 5.74) is 1.54. The zero-order valence-electron chi connectivity index (χ0n) is 12.0. The molecule has 0 radical (unpaired) electrons. The molecule has 1 aromatic heterocycles. The number of ether oxygens (including phenoxy) is 1. The Morgan fingerprint density at radius 3 is 2.86 bits per heavy atom. The molecule has 0 atom stereocenters. The number of hydrogen-bond donors (Lipinski definition) is 2. The number of alkyl carbamates (subject to hydrolysis) is 1. The van der Waals surface area contributed by atoms with Gasteiger partial charge in [-0.15, -0.1) is 0 Å². The summed E-state index contributed by atoms with van der Waals surface area (Å²) in [5, 5.41) is 2.51. The van der Waals surface area contributed by atoms with Gasteiger partial charge in [-0.3, -0.25) is 0 Å². The number of carbonyl (C=O) groups is 2. The number of rotatable bonds is 4. The molecular weight excluding hydrogens is 272 g/mol. The number of nitrogens with one attached hydrogen (secondary N) is 2. The first-order valence-electron chi connectivity index (χ1n) is 6.80. The summed E-state index contributed by atoms with van der Waals surface area (Å²) in [7, 11) is 1.49. The molecule has 0 bridgehead atoms. The number of nitrogens with zero attached hydrogens (tertiary/aromatic N) is 2. The number of amides is 2. The van der Waals surface area contributed by atoms with E-state index in [1.165, 1.54) is 7.05 Å². The number of aromatic nitrogens is 2. The number of para-hydroxylation sites is 2. The van der Waals surface area contributed by atoms with Crippen LogP contribution in [0.4, 0.5) is 15.5 Å². The van der Waals surface area contributed by atoms with Crippen LogP contribution >= 0.6 is 0 Å². The largest absolute Gasteiger partial charge is 0.425 e. The van der Waals surface area contributed by atoms with Gasteiger partial charge in [0.25, 0.3) is 0 Å². The lowest BCUT2D eigenvalue weighted by atomic mass is 10.3. The van der Waals surface area contributed by atoms with Crippen molar-refractivity contribution in [3.05, 3.63) is 24.3 Å². The lowest BCUT2D eigenvalue weighted by Crippen LogP contribution is -2.35. The number of fused-ring (bicyclic) bond motifs is 1. The molecule has 0 saturated heterocycles. The van der Waals surface area contributed by atoms with Crippen LogP contribution in [0.5, 0.6) is 0 Å². The SMILES string of the molecule is CCCCNC(=O)OC(=O)N(C)c1nc2ccccc2[nH]1. The summed E-state index contributed by atoms with van der Waals surface area (Å²) in [6.07, 6.45) is 0.245. The molecule has 7 heteroatoms. The molecule has 7 nitrogen and oxygen atoms in total. The van der Waals surface area contributed by atoms with E-state index in [9.17, 15) is 9.59 Å². The summed E-state index contributed by atoms with van der Waals surface area (Å²) in [6.45, 7) is 2.49. The van der Waals surface area contributed by atoms with Crippen molar-refractivity contribution in [1.29, 1.82) is 0 Å². The Morgan fingerprint density at radius 2 is 2.14 bits per heavy atom. The van der Waals surface area contributed by atoms with Gasteiger partial charge in [0.1, 0.15) is 0 Å². The van der Waals surface area contributed by atoms with Gasteiger partial charge < -0.3 is 15.0 Å². The molecule has 0 spiro atoms. The highest BCUT2D eigenvalue weighted by molar-refractivity contribution is 5.94. The minimum atomic E-state index is -0.789. The molecule has 0 fully saturated rings. The Kier molecular flexibility index (Phi) is 4.76. The fourth-order valence-electron chi connectivity index (χ4n) is 1.74. The molecule has 0 aliphatic carbocycles. The molecule has 0 aliphatic heterocycles. The third-order valence-corrected chi connectivity index (χ3v) is 2.95. The van der Waals surface area contributed by atoms with Crippen molar-refractivity contribution in [2.75, 3.05) is 18.5 Å². The van der Waals surface area contributed by atoms with E-state index in [2.05, 4.69) is 20.0 Å². The number of imidazole rings is 1. The van der Waals surface area contributed by atoms with Crippen molar-refractivity contribution < 1.29 is 14.3 Å².